The van der Waals surface area contributed by atoms with Crippen molar-refractivity contribution in [2.45, 2.75) is 58.1 Å². The normalized spacial score (nSPS) is 19.5. The Morgan fingerprint density at radius 1 is 1.20 bits per heavy atom. The van der Waals surface area contributed by atoms with Crippen LogP contribution in [0.4, 0.5) is 5.82 Å². The second-order valence-electron chi connectivity index (χ2n) is 9.32. The summed E-state index contributed by atoms with van der Waals surface area (Å²) in [5.74, 6) is 0.177. The van der Waals surface area contributed by atoms with Crippen LogP contribution in [-0.2, 0) is 11.2 Å². The molecule has 8 nitrogen and oxygen atoms in total. The molecular formula is C26H34ClN3O5. The summed E-state index contributed by atoms with van der Waals surface area (Å²) in [5.41, 5.74) is 2.26. The number of aliphatic carboxylic acids is 1. The molecule has 1 fully saturated rings. The van der Waals surface area contributed by atoms with Gasteiger partial charge in [-0.1, -0.05) is 17.7 Å². The molecular weight excluding hydrogens is 470 g/mol. The molecule has 9 heteroatoms. The van der Waals surface area contributed by atoms with Gasteiger partial charge in [-0.05, 0) is 75.6 Å². The molecule has 35 heavy (non-hydrogen) atoms. The Bertz CT molecular complexity index is 1040. The number of ether oxygens (including phenoxy) is 1. The van der Waals surface area contributed by atoms with Crippen molar-refractivity contribution in [2.75, 3.05) is 19.0 Å². The summed E-state index contributed by atoms with van der Waals surface area (Å²) in [5, 5.41) is 25.4. The quantitative estimate of drug-likeness (QED) is 0.377. The van der Waals surface area contributed by atoms with Crippen LogP contribution in [0, 0.1) is 11.8 Å². The Kier molecular flexibility index (Phi) is 9.34. The molecule has 190 valence electrons. The maximum atomic E-state index is 12.6. The summed E-state index contributed by atoms with van der Waals surface area (Å²) in [7, 11) is 1.61. The molecule has 0 radical (unpaired) electrons. The molecule has 0 bridgehead atoms. The Morgan fingerprint density at radius 2 is 1.91 bits per heavy atom. The third kappa shape index (κ3) is 7.32. The first-order chi connectivity index (χ1) is 16.7. The Labute approximate surface area is 211 Å². The number of carboxylic acid groups (broad SMARTS) is 1. The van der Waals surface area contributed by atoms with Crippen LogP contribution in [-0.4, -0.2) is 46.8 Å². The lowest BCUT2D eigenvalue weighted by atomic mass is 9.82. The van der Waals surface area contributed by atoms with E-state index in [9.17, 15) is 14.7 Å². The average molecular weight is 504 g/mol. The van der Waals surface area contributed by atoms with Crippen molar-refractivity contribution in [3.63, 3.8) is 0 Å². The number of anilines is 1. The van der Waals surface area contributed by atoms with E-state index < -0.39 is 12.1 Å². The van der Waals surface area contributed by atoms with Crippen molar-refractivity contribution in [1.82, 2.24) is 10.3 Å². The molecule has 1 aliphatic carbocycles. The van der Waals surface area contributed by atoms with Crippen LogP contribution in [0.5, 0.6) is 5.75 Å². The number of carbonyl (C=O) groups is 2. The van der Waals surface area contributed by atoms with E-state index in [2.05, 4.69) is 15.6 Å². The molecule has 1 saturated carbocycles. The number of halogens is 1. The van der Waals surface area contributed by atoms with Gasteiger partial charge in [0.25, 0.3) is 5.91 Å². The summed E-state index contributed by atoms with van der Waals surface area (Å²) in [6.07, 6.45) is 4.45. The predicted octanol–water partition coefficient (Wildman–Crippen LogP) is 4.46. The number of aromatic nitrogens is 1. The van der Waals surface area contributed by atoms with Crippen molar-refractivity contribution in [3.05, 3.63) is 52.2 Å². The predicted molar refractivity (Wildman–Crippen MR) is 135 cm³/mol. The standard InChI is InChI=1S/C26H34ClN3O5/c1-15(31)10-18-6-9-23(35-3)21(11-18)16(2)30-24-22(27)12-20(14-28-24)25(32)29-13-17-4-7-19(8-5-17)26(33)34/h6,9,11-12,14-17,19,31H,4-5,7-8,10,13H2,1-3H3,(H,28,30)(H,29,32)(H,33,34)/t15?,16-,17?,19?/m0/s1. The molecule has 1 aromatic heterocycles. The number of carboxylic acids is 1. The zero-order valence-electron chi connectivity index (χ0n) is 20.4. The number of amides is 1. The van der Waals surface area contributed by atoms with E-state index in [0.717, 1.165) is 24.0 Å². The number of aliphatic hydroxyl groups is 1. The number of carbonyl (C=O) groups excluding carboxylic acids is 1. The number of methoxy groups -OCH3 is 1. The maximum absolute atomic E-state index is 12.6. The van der Waals surface area contributed by atoms with Gasteiger partial charge in [0.1, 0.15) is 11.6 Å². The second-order valence-corrected chi connectivity index (χ2v) is 9.72. The molecule has 3 rings (SSSR count). The molecule has 2 atom stereocenters. The lowest BCUT2D eigenvalue weighted by Crippen LogP contribution is -2.32. The molecule has 1 aromatic carbocycles. The molecule has 4 N–H and O–H groups in total. The smallest absolute Gasteiger partial charge is 0.306 e. The summed E-state index contributed by atoms with van der Waals surface area (Å²) in [4.78, 5) is 28.1. The summed E-state index contributed by atoms with van der Waals surface area (Å²) < 4.78 is 5.50. The molecule has 1 aliphatic rings. The highest BCUT2D eigenvalue weighted by Gasteiger charge is 2.26. The maximum Gasteiger partial charge on any atom is 0.306 e. The SMILES string of the molecule is COc1ccc(CC(C)O)cc1[C@H](C)Nc1ncc(C(=O)NCC2CCC(C(=O)O)CC2)cc1Cl. The molecule has 2 aromatic rings. The van der Waals surface area contributed by atoms with Crippen LogP contribution >= 0.6 is 11.6 Å². The van der Waals surface area contributed by atoms with Gasteiger partial charge in [-0.2, -0.15) is 0 Å². The Hall–Kier alpha value is -2.84. The second kappa shape index (κ2) is 12.2. The highest BCUT2D eigenvalue weighted by molar-refractivity contribution is 6.33. The Balaban J connectivity index is 1.61. The topological polar surface area (TPSA) is 121 Å². The van der Waals surface area contributed by atoms with Crippen molar-refractivity contribution in [2.24, 2.45) is 11.8 Å². The molecule has 1 unspecified atom stereocenters. The summed E-state index contributed by atoms with van der Waals surface area (Å²) in [6, 6.07) is 7.19. The molecule has 0 aliphatic heterocycles. The van der Waals surface area contributed by atoms with Crippen molar-refractivity contribution in [3.8, 4) is 5.75 Å². The number of rotatable bonds is 10. The first-order valence-electron chi connectivity index (χ1n) is 12.0. The van der Waals surface area contributed by atoms with Gasteiger partial charge < -0.3 is 25.6 Å². The largest absolute Gasteiger partial charge is 0.496 e. The summed E-state index contributed by atoms with van der Waals surface area (Å²) in [6.45, 7) is 4.21. The minimum atomic E-state index is -0.734. The fourth-order valence-electron chi connectivity index (χ4n) is 4.49. The molecule has 1 heterocycles. The van der Waals surface area contributed by atoms with Crippen molar-refractivity contribution >= 4 is 29.3 Å². The van der Waals surface area contributed by atoms with Gasteiger partial charge in [0.2, 0.25) is 0 Å². The van der Waals surface area contributed by atoms with Crippen LogP contribution in [0.3, 0.4) is 0 Å². The lowest BCUT2D eigenvalue weighted by molar-refractivity contribution is -0.143. The lowest BCUT2D eigenvalue weighted by Gasteiger charge is -2.26. The van der Waals surface area contributed by atoms with Crippen LogP contribution in [0.25, 0.3) is 0 Å². The van der Waals surface area contributed by atoms with Gasteiger partial charge in [-0.25, -0.2) is 4.98 Å². The number of nitrogens with one attached hydrogen (secondary N) is 2. The first-order valence-corrected chi connectivity index (χ1v) is 12.3. The molecule has 0 saturated heterocycles. The minimum absolute atomic E-state index is 0.190. The van der Waals surface area contributed by atoms with Gasteiger partial charge >= 0.3 is 5.97 Å². The van der Waals surface area contributed by atoms with Crippen molar-refractivity contribution < 1.29 is 24.5 Å². The number of benzene rings is 1. The van der Waals surface area contributed by atoms with E-state index in [1.165, 1.54) is 6.20 Å². The average Bonchev–Trinajstić information content (AvgIpc) is 2.83. The first kappa shape index (κ1) is 26.8. The zero-order chi connectivity index (χ0) is 25.5. The minimum Gasteiger partial charge on any atom is -0.496 e. The van der Waals surface area contributed by atoms with E-state index in [-0.39, 0.29) is 23.8 Å². The fraction of sp³-hybridized carbons (Fsp3) is 0.500. The van der Waals surface area contributed by atoms with Gasteiger partial charge in [-0.3, -0.25) is 9.59 Å². The van der Waals surface area contributed by atoms with E-state index in [1.807, 2.05) is 25.1 Å². The highest BCUT2D eigenvalue weighted by Crippen LogP contribution is 2.31. The number of hydrogen-bond donors (Lipinski definition) is 4. The van der Waals surface area contributed by atoms with E-state index >= 15 is 0 Å². The van der Waals surface area contributed by atoms with Gasteiger partial charge in [0.05, 0.1) is 35.8 Å². The van der Waals surface area contributed by atoms with E-state index in [1.54, 1.807) is 20.1 Å². The number of nitrogens with zero attached hydrogens (tertiary/aromatic N) is 1. The summed E-state index contributed by atoms with van der Waals surface area (Å²) >= 11 is 6.45. The number of hydrogen-bond acceptors (Lipinski definition) is 6. The third-order valence-corrected chi connectivity index (χ3v) is 6.78. The fourth-order valence-corrected chi connectivity index (χ4v) is 4.71. The zero-order valence-corrected chi connectivity index (χ0v) is 21.1. The Morgan fingerprint density at radius 3 is 2.51 bits per heavy atom. The van der Waals surface area contributed by atoms with Crippen LogP contribution in [0.2, 0.25) is 5.02 Å². The van der Waals surface area contributed by atoms with Gasteiger partial charge in [-0.15, -0.1) is 0 Å². The highest BCUT2D eigenvalue weighted by atomic mass is 35.5. The van der Waals surface area contributed by atoms with E-state index in [0.29, 0.717) is 48.0 Å². The third-order valence-electron chi connectivity index (χ3n) is 6.50. The van der Waals surface area contributed by atoms with E-state index in [4.69, 9.17) is 21.4 Å². The van der Waals surface area contributed by atoms with Crippen LogP contribution in [0.1, 0.15) is 67.1 Å². The monoisotopic (exact) mass is 503 g/mol. The molecule has 0 spiro atoms. The van der Waals surface area contributed by atoms with Crippen LogP contribution in [0.15, 0.2) is 30.5 Å². The van der Waals surface area contributed by atoms with Crippen LogP contribution < -0.4 is 15.4 Å². The molecule has 1 amide bonds. The number of aliphatic hydroxyl groups excluding tert-OH is 1. The van der Waals surface area contributed by atoms with Crippen molar-refractivity contribution in [1.29, 1.82) is 0 Å². The van der Waals surface area contributed by atoms with Gasteiger partial charge in [0, 0.05) is 18.3 Å². The van der Waals surface area contributed by atoms with Gasteiger partial charge in [0.15, 0.2) is 0 Å². The number of pyridine rings is 1.